The van der Waals surface area contributed by atoms with Crippen LogP contribution in [0, 0.1) is 17.8 Å². The maximum atomic E-state index is 12.6. The van der Waals surface area contributed by atoms with Gasteiger partial charge in [-0.05, 0) is 37.2 Å². The third-order valence-corrected chi connectivity index (χ3v) is 5.03. The molecule has 4 heteroatoms. The molecule has 2 saturated carbocycles. The first-order valence-corrected chi connectivity index (χ1v) is 7.73. The molecule has 0 saturated heterocycles. The number of ether oxygens (including phenoxy) is 2. The molecule has 2 unspecified atom stereocenters. The van der Waals surface area contributed by atoms with Gasteiger partial charge in [0, 0.05) is 24.0 Å². The van der Waals surface area contributed by atoms with Gasteiger partial charge in [-0.3, -0.25) is 4.79 Å². The van der Waals surface area contributed by atoms with Crippen molar-refractivity contribution in [1.29, 1.82) is 0 Å². The van der Waals surface area contributed by atoms with Gasteiger partial charge in [-0.15, -0.1) is 0 Å². The molecule has 0 amide bonds. The molecule has 0 aromatic heterocycles. The molecule has 1 heterocycles. The predicted molar refractivity (Wildman–Crippen MR) is 75.7 cm³/mol. The van der Waals surface area contributed by atoms with Crippen LogP contribution in [0.2, 0.25) is 5.02 Å². The first-order valence-electron chi connectivity index (χ1n) is 7.35. The van der Waals surface area contributed by atoms with Gasteiger partial charge in [0.15, 0.2) is 17.3 Å². The second kappa shape index (κ2) is 4.66. The molecular formula is C16H17ClO3. The second-order valence-corrected chi connectivity index (χ2v) is 6.52. The van der Waals surface area contributed by atoms with Crippen molar-refractivity contribution in [2.45, 2.75) is 25.7 Å². The van der Waals surface area contributed by atoms with Gasteiger partial charge in [-0.2, -0.15) is 0 Å². The van der Waals surface area contributed by atoms with Gasteiger partial charge in [-0.1, -0.05) is 11.6 Å². The van der Waals surface area contributed by atoms with E-state index in [9.17, 15) is 4.79 Å². The summed E-state index contributed by atoms with van der Waals surface area (Å²) in [6.45, 7) is 1.25. The third kappa shape index (κ3) is 2.08. The van der Waals surface area contributed by atoms with Crippen LogP contribution in [-0.4, -0.2) is 19.0 Å². The number of benzene rings is 1. The number of fused-ring (bicyclic) bond motifs is 2. The second-order valence-electron chi connectivity index (χ2n) is 6.12. The number of carbonyl (C=O) groups excluding carboxylic acids is 1. The van der Waals surface area contributed by atoms with Crippen LogP contribution < -0.4 is 9.47 Å². The number of hydrogen-bond acceptors (Lipinski definition) is 3. The minimum absolute atomic E-state index is 0.154. The number of rotatable bonds is 2. The van der Waals surface area contributed by atoms with Crippen LogP contribution >= 0.6 is 11.6 Å². The van der Waals surface area contributed by atoms with Gasteiger partial charge in [-0.25, -0.2) is 0 Å². The Kier molecular flexibility index (Phi) is 2.92. The number of ketones is 1. The molecule has 1 aliphatic heterocycles. The molecular weight excluding hydrogens is 276 g/mol. The lowest BCUT2D eigenvalue weighted by molar-refractivity contribution is 0.0914. The van der Waals surface area contributed by atoms with Crippen LogP contribution in [0.15, 0.2) is 12.1 Å². The molecule has 0 N–H and O–H groups in total. The molecule has 0 radical (unpaired) electrons. The van der Waals surface area contributed by atoms with E-state index in [2.05, 4.69) is 0 Å². The third-order valence-electron chi connectivity index (χ3n) is 4.72. The lowest BCUT2D eigenvalue weighted by Crippen LogP contribution is -2.14. The Morgan fingerprint density at radius 3 is 2.40 bits per heavy atom. The number of carbonyl (C=O) groups is 1. The van der Waals surface area contributed by atoms with Crippen molar-refractivity contribution in [2.75, 3.05) is 13.2 Å². The lowest BCUT2D eigenvalue weighted by Gasteiger charge is -2.14. The zero-order valence-corrected chi connectivity index (χ0v) is 12.0. The van der Waals surface area contributed by atoms with E-state index in [1.54, 1.807) is 12.1 Å². The molecule has 1 aromatic rings. The maximum absolute atomic E-state index is 12.6. The minimum atomic E-state index is 0.154. The quantitative estimate of drug-likeness (QED) is 0.779. The Morgan fingerprint density at radius 2 is 1.70 bits per heavy atom. The minimum Gasteiger partial charge on any atom is -0.490 e. The van der Waals surface area contributed by atoms with Crippen LogP contribution in [0.1, 0.15) is 36.0 Å². The maximum Gasteiger partial charge on any atom is 0.167 e. The molecule has 0 spiro atoms. The molecule has 2 atom stereocenters. The highest BCUT2D eigenvalue weighted by Gasteiger charge is 2.48. The zero-order chi connectivity index (χ0) is 13.7. The van der Waals surface area contributed by atoms with Crippen molar-refractivity contribution in [3.63, 3.8) is 0 Å². The van der Waals surface area contributed by atoms with Crippen LogP contribution in [0.25, 0.3) is 0 Å². The Balaban J connectivity index is 1.63. The van der Waals surface area contributed by atoms with Gasteiger partial charge in [0.1, 0.15) is 0 Å². The fraction of sp³-hybridized carbons (Fsp3) is 0.562. The van der Waals surface area contributed by atoms with Crippen molar-refractivity contribution in [3.8, 4) is 11.5 Å². The summed E-state index contributed by atoms with van der Waals surface area (Å²) in [5.74, 6) is 3.22. The highest BCUT2D eigenvalue weighted by atomic mass is 35.5. The summed E-state index contributed by atoms with van der Waals surface area (Å²) in [6.07, 6.45) is 4.24. The molecule has 1 aromatic carbocycles. The Hall–Kier alpha value is -1.22. The number of hydrogen-bond donors (Lipinski definition) is 0. The van der Waals surface area contributed by atoms with Crippen LogP contribution in [0.5, 0.6) is 11.5 Å². The Labute approximate surface area is 123 Å². The Bertz CT molecular complexity index is 559. The molecule has 20 heavy (non-hydrogen) atoms. The van der Waals surface area contributed by atoms with Gasteiger partial charge in [0.2, 0.25) is 0 Å². The standard InChI is InChI=1S/C16H17ClO3/c17-13-8-15-14(19-2-1-3-20-15)7-12(13)16(18)11-5-9-4-10(9)6-11/h7-11H,1-6H2. The van der Waals surface area contributed by atoms with Gasteiger partial charge in [0.05, 0.1) is 18.2 Å². The average molecular weight is 293 g/mol. The van der Waals surface area contributed by atoms with E-state index in [1.807, 2.05) is 0 Å². The SMILES string of the molecule is O=C(c1cc2c(cc1Cl)OCCCO2)C1CC2CC2C1. The normalized spacial score (nSPS) is 30.6. The van der Waals surface area contributed by atoms with Crippen molar-refractivity contribution in [1.82, 2.24) is 0 Å². The predicted octanol–water partition coefficient (Wildman–Crippen LogP) is 3.73. The molecule has 2 fully saturated rings. The topological polar surface area (TPSA) is 35.5 Å². The molecule has 3 aliphatic rings. The average Bonchev–Trinajstić information content (AvgIpc) is 3.12. The van der Waals surface area contributed by atoms with E-state index >= 15 is 0 Å². The number of halogens is 1. The summed E-state index contributed by atoms with van der Waals surface area (Å²) in [5.41, 5.74) is 0.599. The molecule has 4 rings (SSSR count). The molecule has 0 bridgehead atoms. The monoisotopic (exact) mass is 292 g/mol. The molecule has 106 valence electrons. The summed E-state index contributed by atoms with van der Waals surface area (Å²) in [6, 6.07) is 3.50. The highest BCUT2D eigenvalue weighted by Crippen LogP contribution is 2.55. The van der Waals surface area contributed by atoms with Crippen LogP contribution in [0.4, 0.5) is 0 Å². The lowest BCUT2D eigenvalue weighted by atomic mass is 9.93. The summed E-state index contributed by atoms with van der Waals surface area (Å²) in [4.78, 5) is 12.6. The first-order chi connectivity index (χ1) is 9.72. The van der Waals surface area contributed by atoms with E-state index in [1.165, 1.54) is 6.42 Å². The fourth-order valence-electron chi connectivity index (χ4n) is 3.52. The van der Waals surface area contributed by atoms with Crippen LogP contribution in [0.3, 0.4) is 0 Å². The fourth-order valence-corrected chi connectivity index (χ4v) is 3.77. The summed E-state index contributed by atoms with van der Waals surface area (Å²) < 4.78 is 11.2. The van der Waals surface area contributed by atoms with Gasteiger partial charge in [0.25, 0.3) is 0 Å². The Morgan fingerprint density at radius 1 is 1.05 bits per heavy atom. The van der Waals surface area contributed by atoms with Gasteiger partial charge < -0.3 is 9.47 Å². The summed E-state index contributed by atoms with van der Waals surface area (Å²) in [7, 11) is 0. The number of Topliss-reactive ketones (excluding diaryl/α,β-unsaturated/α-hetero) is 1. The molecule has 2 aliphatic carbocycles. The van der Waals surface area contributed by atoms with Crippen molar-refractivity contribution in [3.05, 3.63) is 22.7 Å². The largest absolute Gasteiger partial charge is 0.490 e. The van der Waals surface area contributed by atoms with E-state index in [4.69, 9.17) is 21.1 Å². The van der Waals surface area contributed by atoms with E-state index < -0.39 is 0 Å². The van der Waals surface area contributed by atoms with E-state index in [0.29, 0.717) is 35.3 Å². The zero-order valence-electron chi connectivity index (χ0n) is 11.2. The van der Waals surface area contributed by atoms with E-state index in [-0.39, 0.29) is 11.7 Å². The van der Waals surface area contributed by atoms with Crippen molar-refractivity contribution < 1.29 is 14.3 Å². The van der Waals surface area contributed by atoms with Gasteiger partial charge >= 0.3 is 0 Å². The smallest absolute Gasteiger partial charge is 0.167 e. The van der Waals surface area contributed by atoms with Crippen LogP contribution in [-0.2, 0) is 0 Å². The highest BCUT2D eigenvalue weighted by molar-refractivity contribution is 6.34. The van der Waals surface area contributed by atoms with E-state index in [0.717, 1.165) is 31.1 Å². The van der Waals surface area contributed by atoms with Crippen molar-refractivity contribution >= 4 is 17.4 Å². The van der Waals surface area contributed by atoms with Crippen molar-refractivity contribution in [2.24, 2.45) is 17.8 Å². The molecule has 3 nitrogen and oxygen atoms in total. The first kappa shape index (κ1) is 12.5. The summed E-state index contributed by atoms with van der Waals surface area (Å²) >= 11 is 6.28. The summed E-state index contributed by atoms with van der Waals surface area (Å²) in [5, 5.41) is 0.486.